The summed E-state index contributed by atoms with van der Waals surface area (Å²) in [5, 5.41) is 11.0. The molecule has 4 N–H and O–H groups in total. The third-order valence-corrected chi connectivity index (χ3v) is 20.1. The summed E-state index contributed by atoms with van der Waals surface area (Å²) in [5.74, 6) is 0.670. The van der Waals surface area contributed by atoms with Crippen LogP contribution in [-0.4, -0.2) is 179 Å². The minimum absolute atomic E-state index is 0.0176. The van der Waals surface area contributed by atoms with Crippen LogP contribution in [0.3, 0.4) is 0 Å². The number of H-pyrrole nitrogens is 1. The number of carbonyl (C=O) groups excluding carboxylic acids is 5. The van der Waals surface area contributed by atoms with E-state index in [2.05, 4.69) is 69.9 Å². The number of aromatic nitrogens is 3. The van der Waals surface area contributed by atoms with Crippen LogP contribution in [0.4, 0.5) is 15.4 Å². The quantitative estimate of drug-likeness (QED) is 0.0730. The fraction of sp³-hybridized carbons (Fsp3) is 0.561. The number of piperazine rings is 2. The molecule has 19 nitrogen and oxygen atoms in total. The molecule has 2 atom stereocenters. The van der Waals surface area contributed by atoms with Crippen LogP contribution < -0.4 is 20.9 Å². The average molecular weight is 1190 g/mol. The van der Waals surface area contributed by atoms with Gasteiger partial charge in [0.1, 0.15) is 41.6 Å². The van der Waals surface area contributed by atoms with Crippen molar-refractivity contribution in [3.63, 3.8) is 0 Å². The number of nitrogens with zero attached hydrogens (tertiary/aromatic N) is 7. The van der Waals surface area contributed by atoms with Gasteiger partial charge in [0.25, 0.3) is 0 Å². The van der Waals surface area contributed by atoms with Crippen molar-refractivity contribution in [2.24, 2.45) is 11.3 Å². The Morgan fingerprint density at radius 2 is 1.38 bits per heavy atom. The van der Waals surface area contributed by atoms with Crippen molar-refractivity contribution >= 4 is 58.4 Å². The van der Waals surface area contributed by atoms with Crippen molar-refractivity contribution in [3.05, 3.63) is 113 Å². The largest absolute Gasteiger partial charge is 0.449 e. The van der Waals surface area contributed by atoms with E-state index in [0.29, 0.717) is 89.8 Å². The Bertz CT molecular complexity index is 3180. The van der Waals surface area contributed by atoms with Crippen LogP contribution in [0.2, 0.25) is 5.02 Å². The molecular formula is C66H84ClN11O8. The molecule has 7 heterocycles. The highest BCUT2D eigenvalue weighted by atomic mass is 35.5. The lowest BCUT2D eigenvalue weighted by molar-refractivity contribution is -0.203. The number of benzene rings is 3. The molecule has 20 heteroatoms. The number of rotatable bonds is 16. The van der Waals surface area contributed by atoms with E-state index >= 15 is 0 Å². The molecule has 0 spiro atoms. The van der Waals surface area contributed by atoms with Gasteiger partial charge >= 0.3 is 12.2 Å². The molecule has 2 aromatic heterocycles. The standard InChI is InChI=1S/C66H84ClN11O8/c1-63(2,3)86-62(83)73-66(27-31-76(32-28-66)57-52-21-29-68-56(52)69-44-70-57)59(80)71-54(45-17-19-47(67)20-18-45)22-30-74-33-39-78(40-34-74)60(81)64-23-25-65(26-24-64,85-43-64)42-75-35-37-77(38-36-75)58(79)55(46-11-5-4-6-12-46)72-61(82)84-41-53-50-15-9-7-13-48(50)49-14-8-10-16-51(49)53/h7-10,13-21,29,44,46,53-55H,4-6,11-12,22-28,30-43H2,1-3H3,(H,71,80)(H,72,82)(H,73,83)(H,68,69,70)/t54-,55+,64?,65?/m0/s1. The molecule has 0 unspecified atom stereocenters. The molecule has 0 radical (unpaired) electrons. The van der Waals surface area contributed by atoms with Gasteiger partial charge in [-0.2, -0.15) is 0 Å². The lowest BCUT2D eigenvalue weighted by atomic mass is 9.65. The molecule has 7 fully saturated rings. The molecule has 5 aliphatic heterocycles. The topological polar surface area (TPSA) is 207 Å². The predicted octanol–water partition coefficient (Wildman–Crippen LogP) is 8.83. The number of halogens is 1. The van der Waals surface area contributed by atoms with Gasteiger partial charge in [-0.1, -0.05) is 91.5 Å². The van der Waals surface area contributed by atoms with Gasteiger partial charge < -0.3 is 49.8 Å². The zero-order valence-electron chi connectivity index (χ0n) is 50.1. The van der Waals surface area contributed by atoms with Crippen LogP contribution in [-0.2, 0) is 28.6 Å². The maximum atomic E-state index is 14.8. The molecule has 5 amide bonds. The van der Waals surface area contributed by atoms with E-state index in [0.717, 1.165) is 111 Å². The summed E-state index contributed by atoms with van der Waals surface area (Å²) in [6, 6.07) is 25.1. The van der Waals surface area contributed by atoms with Gasteiger partial charge in [0, 0.05) is 95.7 Å². The maximum absolute atomic E-state index is 14.8. The minimum atomic E-state index is -1.26. The normalized spacial score (nSPS) is 23.5. The Kier molecular flexibility index (Phi) is 17.4. The minimum Gasteiger partial charge on any atom is -0.449 e. The molecule has 2 bridgehead atoms. The predicted molar refractivity (Wildman–Crippen MR) is 329 cm³/mol. The van der Waals surface area contributed by atoms with Crippen LogP contribution in [0, 0.1) is 11.3 Å². The molecule has 86 heavy (non-hydrogen) atoms. The number of piperidine rings is 1. The van der Waals surface area contributed by atoms with E-state index in [1.54, 1.807) is 20.8 Å². The molecule has 5 saturated heterocycles. The van der Waals surface area contributed by atoms with Gasteiger partial charge in [0.2, 0.25) is 17.7 Å². The van der Waals surface area contributed by atoms with Crippen LogP contribution in [0.1, 0.15) is 126 Å². The van der Waals surface area contributed by atoms with Gasteiger partial charge in [-0.15, -0.1) is 0 Å². The number of anilines is 1. The molecule has 13 rings (SSSR count). The first-order valence-corrected chi connectivity index (χ1v) is 31.8. The number of hydrogen-bond donors (Lipinski definition) is 4. The first-order valence-electron chi connectivity index (χ1n) is 31.4. The number of alkyl carbamates (subject to hydrolysis) is 2. The summed E-state index contributed by atoms with van der Waals surface area (Å²) in [6.45, 7) is 13.6. The number of fused-ring (bicyclic) bond motifs is 7. The van der Waals surface area contributed by atoms with Crippen molar-refractivity contribution < 1.29 is 38.2 Å². The molecule has 2 saturated carbocycles. The second kappa shape index (κ2) is 25.1. The first kappa shape index (κ1) is 59.5. The summed E-state index contributed by atoms with van der Waals surface area (Å²) < 4.78 is 18.5. The van der Waals surface area contributed by atoms with Gasteiger partial charge in [0.15, 0.2) is 0 Å². The second-order valence-electron chi connectivity index (χ2n) is 26.3. The average Bonchev–Trinajstić information content (AvgIpc) is 1.61. The smallest absolute Gasteiger partial charge is 0.408 e. The van der Waals surface area contributed by atoms with Crippen LogP contribution >= 0.6 is 11.6 Å². The number of hydrogen-bond acceptors (Lipinski definition) is 13. The maximum Gasteiger partial charge on any atom is 0.408 e. The zero-order chi connectivity index (χ0) is 59.6. The van der Waals surface area contributed by atoms with Gasteiger partial charge in [-0.05, 0) is 130 Å². The van der Waals surface area contributed by atoms with Crippen molar-refractivity contribution in [3.8, 4) is 11.1 Å². The third-order valence-electron chi connectivity index (χ3n) is 19.8. The molecule has 458 valence electrons. The van der Waals surface area contributed by atoms with Crippen molar-refractivity contribution in [2.45, 2.75) is 133 Å². The van der Waals surface area contributed by atoms with Crippen molar-refractivity contribution in [1.82, 2.24) is 50.5 Å². The summed E-state index contributed by atoms with van der Waals surface area (Å²) >= 11 is 6.38. The highest BCUT2D eigenvalue weighted by Crippen LogP contribution is 2.51. The summed E-state index contributed by atoms with van der Waals surface area (Å²) in [6.07, 6.45) is 11.7. The Labute approximate surface area is 509 Å². The lowest BCUT2D eigenvalue weighted by Crippen LogP contribution is -2.64. The van der Waals surface area contributed by atoms with Crippen molar-refractivity contribution in [2.75, 3.05) is 96.7 Å². The monoisotopic (exact) mass is 1190 g/mol. The van der Waals surface area contributed by atoms with Crippen LogP contribution in [0.25, 0.3) is 22.2 Å². The molecule has 3 aliphatic carbocycles. The van der Waals surface area contributed by atoms with E-state index < -0.39 is 40.8 Å². The molecule has 3 aromatic carbocycles. The number of amides is 5. The molecular weight excluding hydrogens is 1110 g/mol. The third kappa shape index (κ3) is 12.8. The van der Waals surface area contributed by atoms with E-state index in [1.165, 1.54) is 17.5 Å². The zero-order valence-corrected chi connectivity index (χ0v) is 50.9. The highest BCUT2D eigenvalue weighted by Gasteiger charge is 2.55. The molecule has 8 aliphatic rings. The Morgan fingerprint density at radius 3 is 2.03 bits per heavy atom. The van der Waals surface area contributed by atoms with E-state index in [4.69, 9.17) is 25.8 Å². The van der Waals surface area contributed by atoms with E-state index in [9.17, 15) is 24.0 Å². The van der Waals surface area contributed by atoms with Crippen LogP contribution in [0.15, 0.2) is 91.4 Å². The van der Waals surface area contributed by atoms with Gasteiger partial charge in [-0.3, -0.25) is 24.2 Å². The number of aromatic amines is 1. The fourth-order valence-corrected chi connectivity index (χ4v) is 15.0. The Hall–Kier alpha value is -6.80. The van der Waals surface area contributed by atoms with Crippen molar-refractivity contribution in [1.29, 1.82) is 0 Å². The second-order valence-corrected chi connectivity index (χ2v) is 26.8. The fourth-order valence-electron chi connectivity index (χ4n) is 14.8. The number of nitrogens with one attached hydrogen (secondary N) is 4. The van der Waals surface area contributed by atoms with Gasteiger partial charge in [0.05, 0.1) is 29.1 Å². The summed E-state index contributed by atoms with van der Waals surface area (Å²) in [7, 11) is 0. The molecule has 5 aromatic rings. The number of ether oxygens (including phenoxy) is 3. The van der Waals surface area contributed by atoms with Gasteiger partial charge in [-0.25, -0.2) is 19.6 Å². The lowest BCUT2D eigenvalue weighted by Gasteiger charge is -2.55. The Morgan fingerprint density at radius 1 is 0.733 bits per heavy atom. The SMILES string of the molecule is CC(C)(C)OC(=O)NC1(C(=O)N[C@@H](CCN2CCN(C(=O)C34CCC(CN5CCN(C(=O)[C@H](NC(=O)OCC6c7ccccc7-c7ccccc76)C6CCCCC6)CC5)(CC3)OC4)CC2)c2ccc(Cl)cc2)CCN(c2ncnc3[nH]ccc23)CC1. The Balaban J connectivity index is 0.614. The first-order chi connectivity index (χ1) is 41.6. The highest BCUT2D eigenvalue weighted by molar-refractivity contribution is 6.30. The number of carbonyl (C=O) groups is 5. The van der Waals surface area contributed by atoms with E-state index in [1.807, 2.05) is 70.6 Å². The van der Waals surface area contributed by atoms with E-state index in [-0.39, 0.29) is 41.8 Å². The summed E-state index contributed by atoms with van der Waals surface area (Å²) in [4.78, 5) is 94.0. The van der Waals surface area contributed by atoms with Crippen LogP contribution in [0.5, 0.6) is 0 Å². The summed E-state index contributed by atoms with van der Waals surface area (Å²) in [5.41, 5.74) is 3.41.